The lowest BCUT2D eigenvalue weighted by Gasteiger charge is -2.16. The molecule has 1 amide bonds. The van der Waals surface area contributed by atoms with Gasteiger partial charge in [0.15, 0.2) is 0 Å². The van der Waals surface area contributed by atoms with Crippen LogP contribution in [0.1, 0.15) is 18.2 Å². The predicted octanol–water partition coefficient (Wildman–Crippen LogP) is 4.31. The first-order chi connectivity index (χ1) is 14.6. The molecule has 30 heavy (non-hydrogen) atoms. The van der Waals surface area contributed by atoms with Crippen LogP contribution >= 0.6 is 11.6 Å². The van der Waals surface area contributed by atoms with Crippen LogP contribution in [0.25, 0.3) is 22.6 Å². The highest BCUT2D eigenvalue weighted by Crippen LogP contribution is 2.33. The summed E-state index contributed by atoms with van der Waals surface area (Å²) in [5.74, 6) is 0.828. The first-order valence-corrected chi connectivity index (χ1v) is 9.94. The van der Waals surface area contributed by atoms with Gasteiger partial charge in [0.25, 0.3) is 0 Å². The molecule has 0 saturated carbocycles. The second-order valence-corrected chi connectivity index (χ2v) is 7.70. The molecule has 2 aromatic heterocycles. The number of anilines is 1. The van der Waals surface area contributed by atoms with Crippen LogP contribution in [-0.4, -0.2) is 32.4 Å². The van der Waals surface area contributed by atoms with Crippen LogP contribution < -0.4 is 4.90 Å². The fraction of sp³-hybridized carbons (Fsp3) is 0.182. The number of hydrogen-bond donors (Lipinski definition) is 0. The maximum absolute atomic E-state index is 12.5. The fourth-order valence-corrected chi connectivity index (χ4v) is 3.94. The average molecular weight is 420 g/mol. The van der Waals surface area contributed by atoms with Crippen molar-refractivity contribution in [3.8, 4) is 22.6 Å². The van der Waals surface area contributed by atoms with Crippen LogP contribution in [0.2, 0.25) is 5.02 Å². The molecule has 0 radical (unpaired) electrons. The van der Waals surface area contributed by atoms with E-state index in [9.17, 15) is 4.79 Å². The third-order valence-electron chi connectivity index (χ3n) is 5.27. The number of carbonyl (C=O) groups excluding carboxylic acids is 1. The summed E-state index contributed by atoms with van der Waals surface area (Å²) in [5, 5.41) is 8.97. The van der Waals surface area contributed by atoms with Gasteiger partial charge in [-0.15, -0.1) is 0 Å². The number of carbonyl (C=O) groups is 1. The van der Waals surface area contributed by atoms with Crippen molar-refractivity contribution in [3.05, 3.63) is 71.7 Å². The summed E-state index contributed by atoms with van der Waals surface area (Å²) in [5.41, 5.74) is 3.64. The summed E-state index contributed by atoms with van der Waals surface area (Å²) in [6.07, 6.45) is 2.08. The molecule has 0 spiro atoms. The number of aromatic nitrogens is 4. The van der Waals surface area contributed by atoms with E-state index in [1.165, 1.54) is 0 Å². The van der Waals surface area contributed by atoms with Crippen LogP contribution in [0.5, 0.6) is 0 Å². The van der Waals surface area contributed by atoms with Crippen LogP contribution in [0.15, 0.2) is 65.3 Å². The van der Waals surface area contributed by atoms with Crippen molar-refractivity contribution >= 4 is 23.2 Å². The number of benzene rings is 2. The zero-order chi connectivity index (χ0) is 20.7. The summed E-state index contributed by atoms with van der Waals surface area (Å²) >= 11 is 6.07. The molecule has 1 aliphatic rings. The maximum atomic E-state index is 12.5. The van der Waals surface area contributed by atoms with E-state index >= 15 is 0 Å². The molecular weight excluding hydrogens is 402 g/mol. The predicted molar refractivity (Wildman–Crippen MR) is 113 cm³/mol. The SMILES string of the molecule is Cn1nccc1-c1cccc(-c2noc([C@@H]3CC(=O)N(c4cccc(Cl)c4)C3)n2)c1. The van der Waals surface area contributed by atoms with Gasteiger partial charge in [-0.25, -0.2) is 0 Å². The first kappa shape index (κ1) is 18.6. The lowest BCUT2D eigenvalue weighted by Crippen LogP contribution is -2.24. The van der Waals surface area contributed by atoms with Crippen molar-refractivity contribution in [3.63, 3.8) is 0 Å². The molecule has 0 bridgehead atoms. The van der Waals surface area contributed by atoms with E-state index in [1.807, 2.05) is 54.2 Å². The van der Waals surface area contributed by atoms with E-state index in [-0.39, 0.29) is 11.8 Å². The van der Waals surface area contributed by atoms with Gasteiger partial charge in [0, 0.05) is 48.0 Å². The molecule has 0 aliphatic carbocycles. The Kier molecular flexibility index (Phi) is 4.59. The molecule has 1 aliphatic heterocycles. The number of rotatable bonds is 4. The molecule has 4 aromatic rings. The van der Waals surface area contributed by atoms with E-state index < -0.39 is 0 Å². The zero-order valence-electron chi connectivity index (χ0n) is 16.2. The third-order valence-corrected chi connectivity index (χ3v) is 5.51. The minimum atomic E-state index is -0.155. The average Bonchev–Trinajstić information content (AvgIpc) is 3.47. The normalized spacial score (nSPS) is 16.4. The topological polar surface area (TPSA) is 77.0 Å². The first-order valence-electron chi connectivity index (χ1n) is 9.57. The molecule has 0 unspecified atom stereocenters. The molecule has 2 aromatic carbocycles. The number of halogens is 1. The van der Waals surface area contributed by atoms with Crippen LogP contribution in [0.3, 0.4) is 0 Å². The van der Waals surface area contributed by atoms with Gasteiger partial charge in [0.1, 0.15) is 0 Å². The van der Waals surface area contributed by atoms with Crippen molar-refractivity contribution in [1.82, 2.24) is 19.9 Å². The molecule has 1 fully saturated rings. The van der Waals surface area contributed by atoms with Gasteiger partial charge in [-0.1, -0.05) is 41.0 Å². The van der Waals surface area contributed by atoms with Crippen LogP contribution in [0, 0.1) is 0 Å². The van der Waals surface area contributed by atoms with Crippen molar-refractivity contribution in [1.29, 1.82) is 0 Å². The van der Waals surface area contributed by atoms with Crippen LogP contribution in [-0.2, 0) is 11.8 Å². The highest BCUT2D eigenvalue weighted by Gasteiger charge is 2.35. The second-order valence-electron chi connectivity index (χ2n) is 7.26. The van der Waals surface area contributed by atoms with Crippen LogP contribution in [0.4, 0.5) is 5.69 Å². The second kappa shape index (κ2) is 7.42. The number of aryl methyl sites for hydroxylation is 1. The highest BCUT2D eigenvalue weighted by atomic mass is 35.5. The van der Waals surface area contributed by atoms with Gasteiger partial charge in [0.2, 0.25) is 17.6 Å². The van der Waals surface area contributed by atoms with E-state index in [2.05, 4.69) is 15.2 Å². The van der Waals surface area contributed by atoms with Crippen molar-refractivity contribution in [2.24, 2.45) is 7.05 Å². The van der Waals surface area contributed by atoms with Gasteiger partial charge in [0.05, 0.1) is 11.6 Å². The Morgan fingerprint density at radius 3 is 2.73 bits per heavy atom. The van der Waals surface area contributed by atoms with Gasteiger partial charge in [-0.2, -0.15) is 10.1 Å². The molecule has 7 nitrogen and oxygen atoms in total. The van der Waals surface area contributed by atoms with Gasteiger partial charge < -0.3 is 9.42 Å². The lowest BCUT2D eigenvalue weighted by atomic mass is 10.1. The Hall–Kier alpha value is -3.45. The van der Waals surface area contributed by atoms with E-state index in [0.29, 0.717) is 29.7 Å². The molecule has 1 atom stereocenters. The Labute approximate surface area is 177 Å². The maximum Gasteiger partial charge on any atom is 0.232 e. The summed E-state index contributed by atoms with van der Waals surface area (Å²) < 4.78 is 7.34. The largest absolute Gasteiger partial charge is 0.339 e. The van der Waals surface area contributed by atoms with E-state index in [0.717, 1.165) is 22.5 Å². The molecule has 150 valence electrons. The Bertz CT molecular complexity index is 1230. The number of amides is 1. The van der Waals surface area contributed by atoms with Crippen molar-refractivity contribution in [2.75, 3.05) is 11.4 Å². The van der Waals surface area contributed by atoms with Gasteiger partial charge >= 0.3 is 0 Å². The van der Waals surface area contributed by atoms with E-state index in [1.54, 1.807) is 23.2 Å². The molecular formula is C22H18ClN5O2. The standard InChI is InChI=1S/C22H18ClN5O2/c1-27-19(8-9-24-27)14-4-2-5-15(10-14)21-25-22(30-26-21)16-11-20(29)28(13-16)18-7-3-6-17(23)12-18/h2-10,12,16H,11,13H2,1H3/t16-/m1/s1. The van der Waals surface area contributed by atoms with Gasteiger partial charge in [-0.3, -0.25) is 9.48 Å². The van der Waals surface area contributed by atoms with Gasteiger partial charge in [-0.05, 0) is 30.3 Å². The third kappa shape index (κ3) is 3.37. The number of hydrogen-bond acceptors (Lipinski definition) is 5. The summed E-state index contributed by atoms with van der Waals surface area (Å²) in [6, 6.07) is 17.1. The lowest BCUT2D eigenvalue weighted by molar-refractivity contribution is -0.117. The quantitative estimate of drug-likeness (QED) is 0.492. The van der Waals surface area contributed by atoms with E-state index in [4.69, 9.17) is 16.1 Å². The van der Waals surface area contributed by atoms with Crippen molar-refractivity contribution < 1.29 is 9.32 Å². The smallest absolute Gasteiger partial charge is 0.232 e. The number of nitrogens with zero attached hydrogens (tertiary/aromatic N) is 5. The molecule has 0 N–H and O–H groups in total. The summed E-state index contributed by atoms with van der Waals surface area (Å²) in [6.45, 7) is 0.482. The monoisotopic (exact) mass is 419 g/mol. The molecule has 8 heteroatoms. The Morgan fingerprint density at radius 1 is 1.10 bits per heavy atom. The van der Waals surface area contributed by atoms with Crippen molar-refractivity contribution in [2.45, 2.75) is 12.3 Å². The minimum Gasteiger partial charge on any atom is -0.339 e. The zero-order valence-corrected chi connectivity index (χ0v) is 17.0. The minimum absolute atomic E-state index is 0.0141. The molecule has 1 saturated heterocycles. The Morgan fingerprint density at radius 2 is 1.93 bits per heavy atom. The fourth-order valence-electron chi connectivity index (χ4n) is 3.76. The summed E-state index contributed by atoms with van der Waals surface area (Å²) in [7, 11) is 1.90. The molecule has 3 heterocycles. The molecule has 5 rings (SSSR count). The summed E-state index contributed by atoms with van der Waals surface area (Å²) in [4.78, 5) is 18.8. The highest BCUT2D eigenvalue weighted by molar-refractivity contribution is 6.30. The Balaban J connectivity index is 1.39.